The molecule has 6 nitrogen and oxygen atoms in total. The minimum Gasteiger partial charge on any atom is -0.465 e. The predicted octanol–water partition coefficient (Wildman–Crippen LogP) is 3.78. The number of methoxy groups -OCH3 is 1. The van der Waals surface area contributed by atoms with Gasteiger partial charge >= 0.3 is 5.97 Å². The van der Waals surface area contributed by atoms with E-state index in [9.17, 15) is 14.0 Å². The number of carbonyl (C=O) groups is 2. The summed E-state index contributed by atoms with van der Waals surface area (Å²) in [4.78, 5) is 29.9. The molecule has 1 aliphatic heterocycles. The van der Waals surface area contributed by atoms with E-state index < -0.39 is 5.97 Å². The molecule has 29 heavy (non-hydrogen) atoms. The van der Waals surface area contributed by atoms with Crippen LogP contribution >= 0.6 is 11.6 Å². The lowest BCUT2D eigenvalue weighted by Crippen LogP contribution is -2.37. The van der Waals surface area contributed by atoms with E-state index in [-0.39, 0.29) is 24.3 Å². The molecule has 0 saturated carbocycles. The summed E-state index contributed by atoms with van der Waals surface area (Å²) in [5, 5.41) is 3.22. The number of aromatic nitrogens is 1. The molecule has 2 aromatic rings. The third-order valence-electron chi connectivity index (χ3n) is 5.42. The average molecular weight is 422 g/mol. The normalized spacial score (nSPS) is 15.3. The lowest BCUT2D eigenvalue weighted by atomic mass is 10.0. The van der Waals surface area contributed by atoms with Gasteiger partial charge in [-0.2, -0.15) is 0 Å². The molecular weight excluding hydrogens is 397 g/mol. The van der Waals surface area contributed by atoms with Crippen molar-refractivity contribution in [1.29, 1.82) is 0 Å². The summed E-state index contributed by atoms with van der Waals surface area (Å²) in [6, 6.07) is 4.24. The summed E-state index contributed by atoms with van der Waals surface area (Å²) in [6.45, 7) is 5.24. The highest BCUT2D eigenvalue weighted by Gasteiger charge is 2.29. The van der Waals surface area contributed by atoms with Gasteiger partial charge in [-0.1, -0.05) is 17.7 Å². The fourth-order valence-corrected chi connectivity index (χ4v) is 4.25. The lowest BCUT2D eigenvalue weighted by molar-refractivity contribution is 0.0599. The van der Waals surface area contributed by atoms with Crippen LogP contribution in [0.5, 0.6) is 0 Å². The number of ether oxygens (including phenoxy) is 1. The Morgan fingerprint density at radius 3 is 2.62 bits per heavy atom. The molecule has 2 N–H and O–H groups in total. The highest BCUT2D eigenvalue weighted by atomic mass is 35.5. The fourth-order valence-electron chi connectivity index (χ4n) is 3.96. The topological polar surface area (TPSA) is 74.4 Å². The molecule has 1 atom stereocenters. The number of amides is 1. The maximum atomic E-state index is 14.6. The first-order chi connectivity index (χ1) is 13.8. The number of H-pyrrole nitrogens is 1. The van der Waals surface area contributed by atoms with Gasteiger partial charge in [0.2, 0.25) is 0 Å². The van der Waals surface area contributed by atoms with Gasteiger partial charge in [-0.05, 0) is 57.5 Å². The second-order valence-electron chi connectivity index (χ2n) is 7.22. The Balaban J connectivity index is 1.83. The molecule has 0 spiro atoms. The van der Waals surface area contributed by atoms with Crippen molar-refractivity contribution in [3.05, 3.63) is 57.1 Å². The first kappa shape index (κ1) is 21.3. The van der Waals surface area contributed by atoms with Gasteiger partial charge in [0.05, 0.1) is 18.7 Å². The number of benzene rings is 1. The third-order valence-corrected chi connectivity index (χ3v) is 5.75. The molecule has 0 bridgehead atoms. The fraction of sp³-hybridized carbons (Fsp3) is 0.429. The zero-order chi connectivity index (χ0) is 21.1. The minimum absolute atomic E-state index is 0.199. The number of hydrogen-bond donors (Lipinski definition) is 2. The van der Waals surface area contributed by atoms with E-state index in [1.54, 1.807) is 26.0 Å². The smallest absolute Gasteiger partial charge is 0.339 e. The van der Waals surface area contributed by atoms with E-state index >= 15 is 0 Å². The van der Waals surface area contributed by atoms with Crippen molar-refractivity contribution in [3.63, 3.8) is 0 Å². The SMILES string of the molecule is COC(=O)c1c(C)[nH]c(C(=O)NCC(c2c(F)cccc2Cl)N2CCCC2)c1C. The second kappa shape index (κ2) is 8.97. The number of nitrogens with zero attached hydrogens (tertiary/aromatic N) is 1. The van der Waals surface area contributed by atoms with Crippen LogP contribution in [0.3, 0.4) is 0 Å². The summed E-state index contributed by atoms with van der Waals surface area (Å²) in [5.74, 6) is -1.25. The summed E-state index contributed by atoms with van der Waals surface area (Å²) in [5.41, 5.74) is 2.13. The summed E-state index contributed by atoms with van der Waals surface area (Å²) in [6.07, 6.45) is 2.04. The van der Waals surface area contributed by atoms with E-state index in [0.29, 0.717) is 33.1 Å². The number of aryl methyl sites for hydroxylation is 1. The quantitative estimate of drug-likeness (QED) is 0.696. The zero-order valence-corrected chi connectivity index (χ0v) is 17.5. The first-order valence-electron chi connectivity index (χ1n) is 9.58. The number of nitrogens with one attached hydrogen (secondary N) is 2. The van der Waals surface area contributed by atoms with Crippen LogP contribution in [-0.2, 0) is 4.74 Å². The highest BCUT2D eigenvalue weighted by molar-refractivity contribution is 6.31. The van der Waals surface area contributed by atoms with Crippen molar-refractivity contribution in [2.75, 3.05) is 26.7 Å². The molecule has 3 rings (SSSR count). The Kier molecular flexibility index (Phi) is 6.59. The third kappa shape index (κ3) is 4.31. The van der Waals surface area contributed by atoms with Gasteiger partial charge in [-0.25, -0.2) is 9.18 Å². The molecule has 1 aromatic heterocycles. The van der Waals surface area contributed by atoms with E-state index in [1.807, 2.05) is 0 Å². The molecule has 1 aromatic carbocycles. The van der Waals surface area contributed by atoms with E-state index in [4.69, 9.17) is 16.3 Å². The maximum Gasteiger partial charge on any atom is 0.339 e. The highest BCUT2D eigenvalue weighted by Crippen LogP contribution is 2.32. The Bertz CT molecular complexity index is 902. The average Bonchev–Trinajstić information content (AvgIpc) is 3.31. The number of rotatable bonds is 6. The van der Waals surface area contributed by atoms with Crippen molar-refractivity contribution in [3.8, 4) is 0 Å². The maximum absolute atomic E-state index is 14.6. The van der Waals surface area contributed by atoms with Crippen molar-refractivity contribution < 1.29 is 18.7 Å². The number of halogens is 2. The summed E-state index contributed by atoms with van der Waals surface area (Å²) >= 11 is 6.30. The largest absolute Gasteiger partial charge is 0.465 e. The summed E-state index contributed by atoms with van der Waals surface area (Å²) < 4.78 is 19.4. The Hall–Kier alpha value is -2.38. The number of hydrogen-bond acceptors (Lipinski definition) is 4. The molecule has 1 unspecified atom stereocenters. The van der Waals surface area contributed by atoms with E-state index in [0.717, 1.165) is 25.9 Å². The molecule has 0 radical (unpaired) electrons. The second-order valence-corrected chi connectivity index (χ2v) is 7.63. The van der Waals surface area contributed by atoms with Crippen LogP contribution in [-0.4, -0.2) is 48.5 Å². The first-order valence-corrected chi connectivity index (χ1v) is 9.96. The molecule has 1 aliphatic rings. The Morgan fingerprint density at radius 2 is 2.00 bits per heavy atom. The van der Waals surface area contributed by atoms with Crippen LogP contribution in [0.2, 0.25) is 5.02 Å². The molecule has 1 amide bonds. The molecule has 2 heterocycles. The molecule has 1 saturated heterocycles. The number of aromatic amines is 1. The summed E-state index contributed by atoms with van der Waals surface area (Å²) in [7, 11) is 1.30. The van der Waals surface area contributed by atoms with Crippen LogP contribution in [0.25, 0.3) is 0 Å². The Labute approximate surface area is 174 Å². The van der Waals surface area contributed by atoms with Crippen molar-refractivity contribution >= 4 is 23.5 Å². The van der Waals surface area contributed by atoms with Gasteiger partial charge in [0.1, 0.15) is 11.5 Å². The monoisotopic (exact) mass is 421 g/mol. The van der Waals surface area contributed by atoms with Gasteiger partial charge in [0.15, 0.2) is 0 Å². The van der Waals surface area contributed by atoms with Crippen LogP contribution in [0.4, 0.5) is 4.39 Å². The molecule has 8 heteroatoms. The van der Waals surface area contributed by atoms with Crippen LogP contribution in [0.1, 0.15) is 56.6 Å². The number of carbonyl (C=O) groups excluding carboxylic acids is 2. The van der Waals surface area contributed by atoms with E-state index in [1.165, 1.54) is 13.2 Å². The van der Waals surface area contributed by atoms with Crippen molar-refractivity contribution in [2.24, 2.45) is 0 Å². The van der Waals surface area contributed by atoms with Crippen molar-refractivity contribution in [2.45, 2.75) is 32.7 Å². The van der Waals surface area contributed by atoms with Crippen LogP contribution < -0.4 is 5.32 Å². The van der Waals surface area contributed by atoms with Gasteiger partial charge in [0, 0.05) is 22.8 Å². The molecular formula is C21H25ClFN3O3. The van der Waals surface area contributed by atoms with Gasteiger partial charge < -0.3 is 15.0 Å². The lowest BCUT2D eigenvalue weighted by Gasteiger charge is -2.29. The van der Waals surface area contributed by atoms with Gasteiger partial charge in [-0.15, -0.1) is 0 Å². The van der Waals surface area contributed by atoms with Gasteiger partial charge in [-0.3, -0.25) is 9.69 Å². The molecule has 0 aliphatic carbocycles. The minimum atomic E-state index is -0.497. The predicted molar refractivity (Wildman–Crippen MR) is 109 cm³/mol. The number of esters is 1. The van der Waals surface area contributed by atoms with Gasteiger partial charge in [0.25, 0.3) is 5.91 Å². The van der Waals surface area contributed by atoms with Crippen LogP contribution in [0.15, 0.2) is 18.2 Å². The van der Waals surface area contributed by atoms with Crippen LogP contribution in [0, 0.1) is 19.7 Å². The number of likely N-dealkylation sites (tertiary alicyclic amines) is 1. The Morgan fingerprint density at radius 1 is 1.31 bits per heavy atom. The zero-order valence-electron chi connectivity index (χ0n) is 16.8. The van der Waals surface area contributed by atoms with E-state index in [2.05, 4.69) is 15.2 Å². The standard InChI is InChI=1S/C21H25ClFN3O3/c1-12-17(21(28)29-3)13(2)25-19(12)20(27)24-11-16(26-9-4-5-10-26)18-14(22)7-6-8-15(18)23/h6-8,16,25H,4-5,9-11H2,1-3H3,(H,24,27). The molecule has 1 fully saturated rings. The van der Waals surface area contributed by atoms with Crippen molar-refractivity contribution in [1.82, 2.24) is 15.2 Å². The molecule has 156 valence electrons.